The van der Waals surface area contributed by atoms with Gasteiger partial charge in [0.05, 0.1) is 6.26 Å². The molecule has 6 nitrogen and oxygen atoms in total. The van der Waals surface area contributed by atoms with Crippen molar-refractivity contribution in [3.8, 4) is 0 Å². The van der Waals surface area contributed by atoms with Gasteiger partial charge in [-0.1, -0.05) is 6.58 Å². The second kappa shape index (κ2) is 9.20. The SMILES string of the molecule is C=CO.OP(O)OP(O)O. The van der Waals surface area contributed by atoms with Crippen LogP contribution in [0.2, 0.25) is 0 Å². The summed E-state index contributed by atoms with van der Waals surface area (Å²) in [5.41, 5.74) is 0. The van der Waals surface area contributed by atoms with E-state index in [0.29, 0.717) is 0 Å². The molecule has 0 atom stereocenters. The summed E-state index contributed by atoms with van der Waals surface area (Å²) in [6.45, 7) is 2.92. The van der Waals surface area contributed by atoms with Gasteiger partial charge in [-0.05, 0) is 0 Å². The first-order valence-electron chi connectivity index (χ1n) is 1.83. The average Bonchev–Trinajstić information content (AvgIpc) is 1.62. The lowest BCUT2D eigenvalue weighted by atomic mass is 11.2. The molecule has 0 aromatic heterocycles. The Kier molecular flexibility index (Phi) is 11.8. The maximum Gasteiger partial charge on any atom is 0.334 e. The third-order valence-corrected chi connectivity index (χ3v) is 1.31. The zero-order chi connectivity index (χ0) is 8.57. The van der Waals surface area contributed by atoms with Gasteiger partial charge in [-0.25, -0.2) is 4.31 Å². The highest BCUT2D eigenvalue weighted by atomic mass is 31.2. The Balaban J connectivity index is 0. The summed E-state index contributed by atoms with van der Waals surface area (Å²) in [7, 11) is -5.22. The van der Waals surface area contributed by atoms with E-state index in [2.05, 4.69) is 10.9 Å². The molecule has 0 fully saturated rings. The Morgan fingerprint density at radius 2 is 1.30 bits per heavy atom. The lowest BCUT2D eigenvalue weighted by Crippen LogP contribution is -1.73. The maximum atomic E-state index is 7.82. The van der Waals surface area contributed by atoms with Crippen LogP contribution in [0, 0.1) is 0 Å². The third-order valence-electron chi connectivity index (χ3n) is 0.146. The van der Waals surface area contributed by atoms with Gasteiger partial charge in [-0.2, -0.15) is 0 Å². The zero-order valence-electron chi connectivity index (χ0n) is 4.82. The first kappa shape index (κ1) is 12.8. The van der Waals surface area contributed by atoms with Crippen molar-refractivity contribution in [1.82, 2.24) is 0 Å². The quantitative estimate of drug-likeness (QED) is 0.312. The number of aliphatic hydroxyl groups excluding tert-OH is 1. The van der Waals surface area contributed by atoms with Crippen LogP contribution in [0.25, 0.3) is 0 Å². The van der Waals surface area contributed by atoms with Gasteiger partial charge in [-0.3, -0.25) is 0 Å². The second-order valence-electron chi connectivity index (χ2n) is 0.770. The van der Waals surface area contributed by atoms with E-state index in [1.54, 1.807) is 0 Å². The molecule has 0 aliphatic rings. The monoisotopic (exact) mass is 190 g/mol. The van der Waals surface area contributed by atoms with Gasteiger partial charge in [0, 0.05) is 0 Å². The molecule has 0 saturated carbocycles. The number of hydrogen-bond donors (Lipinski definition) is 5. The molecule has 0 aliphatic heterocycles. The van der Waals surface area contributed by atoms with Gasteiger partial charge in [0.2, 0.25) is 0 Å². The Morgan fingerprint density at radius 3 is 1.30 bits per heavy atom. The summed E-state index contributed by atoms with van der Waals surface area (Å²) in [5.74, 6) is 0. The Hall–Kier alpha value is 0.200. The van der Waals surface area contributed by atoms with E-state index in [-0.39, 0.29) is 0 Å². The van der Waals surface area contributed by atoms with Gasteiger partial charge in [0.1, 0.15) is 0 Å². The van der Waals surface area contributed by atoms with Crippen molar-refractivity contribution in [3.05, 3.63) is 12.8 Å². The lowest BCUT2D eigenvalue weighted by Gasteiger charge is -2.00. The van der Waals surface area contributed by atoms with Crippen LogP contribution < -0.4 is 0 Å². The molecule has 0 bridgehead atoms. The highest BCUT2D eigenvalue weighted by molar-refractivity contribution is 7.53. The van der Waals surface area contributed by atoms with Gasteiger partial charge in [0.15, 0.2) is 0 Å². The van der Waals surface area contributed by atoms with Gasteiger partial charge >= 0.3 is 17.2 Å². The topological polar surface area (TPSA) is 110 Å². The van der Waals surface area contributed by atoms with E-state index in [4.69, 9.17) is 24.7 Å². The van der Waals surface area contributed by atoms with E-state index in [9.17, 15) is 0 Å². The molecular weight excluding hydrogens is 182 g/mol. The molecule has 10 heavy (non-hydrogen) atoms. The summed E-state index contributed by atoms with van der Waals surface area (Å²) >= 11 is 0. The molecule has 0 aliphatic carbocycles. The summed E-state index contributed by atoms with van der Waals surface area (Å²) in [4.78, 5) is 31.3. The van der Waals surface area contributed by atoms with Crippen molar-refractivity contribution in [2.75, 3.05) is 0 Å². The number of aliphatic hydroxyl groups is 1. The van der Waals surface area contributed by atoms with Crippen molar-refractivity contribution >= 4 is 17.2 Å². The minimum Gasteiger partial charge on any atom is -0.516 e. The highest BCUT2D eigenvalue weighted by Crippen LogP contribution is 2.41. The van der Waals surface area contributed by atoms with Crippen LogP contribution in [0.15, 0.2) is 12.8 Å². The van der Waals surface area contributed by atoms with Crippen LogP contribution in [0.5, 0.6) is 0 Å². The first-order chi connectivity index (χ1) is 4.54. The van der Waals surface area contributed by atoms with E-state index >= 15 is 0 Å². The summed E-state index contributed by atoms with van der Waals surface area (Å²) in [5, 5.41) is 7.33. The normalized spacial score (nSPS) is 9.00. The fourth-order valence-electron chi connectivity index (χ4n) is 0.0653. The molecule has 0 unspecified atom stereocenters. The minimum atomic E-state index is -2.61. The molecule has 0 rings (SSSR count). The molecule has 0 saturated heterocycles. The van der Waals surface area contributed by atoms with E-state index in [1.165, 1.54) is 0 Å². The Labute approximate surface area is 60.0 Å². The zero-order valence-corrected chi connectivity index (χ0v) is 6.61. The maximum absolute atomic E-state index is 7.82. The van der Waals surface area contributed by atoms with Crippen LogP contribution in [0.3, 0.4) is 0 Å². The van der Waals surface area contributed by atoms with Gasteiger partial charge < -0.3 is 24.7 Å². The molecule has 0 radical (unpaired) electrons. The first-order valence-corrected chi connectivity index (χ1v) is 4.16. The van der Waals surface area contributed by atoms with Crippen molar-refractivity contribution in [1.29, 1.82) is 0 Å². The molecule has 5 N–H and O–H groups in total. The van der Waals surface area contributed by atoms with Gasteiger partial charge in [-0.15, -0.1) is 0 Å². The van der Waals surface area contributed by atoms with E-state index < -0.39 is 17.2 Å². The largest absolute Gasteiger partial charge is 0.516 e. The molecule has 0 heterocycles. The molecule has 62 valence electrons. The van der Waals surface area contributed by atoms with Crippen molar-refractivity contribution in [3.63, 3.8) is 0 Å². The Bertz CT molecular complexity index is 68.1. The predicted molar refractivity (Wildman–Crippen MR) is 36.6 cm³/mol. The summed E-state index contributed by atoms with van der Waals surface area (Å²) in [6, 6.07) is 0. The summed E-state index contributed by atoms with van der Waals surface area (Å²) < 4.78 is 3.60. The average molecular weight is 190 g/mol. The lowest BCUT2D eigenvalue weighted by molar-refractivity contribution is 0.324. The minimum absolute atomic E-state index is 0.750. The van der Waals surface area contributed by atoms with Crippen LogP contribution in [0.4, 0.5) is 0 Å². The Morgan fingerprint density at radius 1 is 1.10 bits per heavy atom. The van der Waals surface area contributed by atoms with Crippen LogP contribution in [-0.2, 0) is 4.31 Å². The van der Waals surface area contributed by atoms with Gasteiger partial charge in [0.25, 0.3) is 0 Å². The van der Waals surface area contributed by atoms with Crippen LogP contribution >= 0.6 is 17.2 Å². The third kappa shape index (κ3) is 24.1. The predicted octanol–water partition coefficient (Wildman–Crippen LogP) is 0.114. The molecule has 0 aromatic carbocycles. The number of hydrogen-bond acceptors (Lipinski definition) is 6. The fourth-order valence-corrected chi connectivity index (χ4v) is 0.588. The fraction of sp³-hybridized carbons (Fsp3) is 0. The smallest absolute Gasteiger partial charge is 0.334 e. The molecule has 8 heteroatoms. The molecule has 0 amide bonds. The van der Waals surface area contributed by atoms with Crippen molar-refractivity contribution in [2.24, 2.45) is 0 Å². The van der Waals surface area contributed by atoms with Crippen LogP contribution in [-0.4, -0.2) is 24.7 Å². The van der Waals surface area contributed by atoms with Crippen molar-refractivity contribution in [2.45, 2.75) is 0 Å². The highest BCUT2D eigenvalue weighted by Gasteiger charge is 2.05. The molecule has 0 spiro atoms. The standard InChI is InChI=1S/C2H4O.H4O5P2/c1-2-3;1-6(2)5-7(3)4/h2-3H,1H2;1-4H. The summed E-state index contributed by atoms with van der Waals surface area (Å²) in [6.07, 6.45) is 0.750. The van der Waals surface area contributed by atoms with E-state index in [0.717, 1.165) is 6.26 Å². The van der Waals surface area contributed by atoms with Crippen LogP contribution in [0.1, 0.15) is 0 Å². The molecular formula is C2H8O6P2. The van der Waals surface area contributed by atoms with Crippen molar-refractivity contribution < 1.29 is 29.0 Å². The number of rotatable bonds is 2. The van der Waals surface area contributed by atoms with E-state index in [1.807, 2.05) is 0 Å². The molecule has 0 aromatic rings. The second-order valence-corrected chi connectivity index (χ2v) is 2.43.